The SMILES string of the molecule is CC(C)CNCc1nccn1COCC(F)(F)F. The van der Waals surface area contributed by atoms with E-state index in [4.69, 9.17) is 0 Å². The number of hydrogen-bond donors (Lipinski definition) is 1. The van der Waals surface area contributed by atoms with Gasteiger partial charge in [0, 0.05) is 12.4 Å². The molecule has 7 heteroatoms. The molecule has 1 N–H and O–H groups in total. The standard InChI is InChI=1S/C11H18F3N3O/c1-9(2)5-15-6-10-16-3-4-17(10)8-18-7-11(12,13)14/h3-4,9,15H,5-8H2,1-2H3. The smallest absolute Gasteiger partial charge is 0.351 e. The van der Waals surface area contributed by atoms with Gasteiger partial charge >= 0.3 is 6.18 Å². The lowest BCUT2D eigenvalue weighted by Gasteiger charge is -2.11. The molecule has 4 nitrogen and oxygen atoms in total. The molecular formula is C11H18F3N3O. The maximum absolute atomic E-state index is 11.9. The van der Waals surface area contributed by atoms with Gasteiger partial charge in [-0.2, -0.15) is 13.2 Å². The van der Waals surface area contributed by atoms with Gasteiger partial charge in [-0.1, -0.05) is 13.8 Å². The monoisotopic (exact) mass is 265 g/mol. The van der Waals surface area contributed by atoms with E-state index in [1.165, 1.54) is 0 Å². The first-order chi connectivity index (χ1) is 8.38. The van der Waals surface area contributed by atoms with Crippen LogP contribution in [0, 0.1) is 5.92 Å². The molecule has 1 aromatic rings. The normalized spacial score (nSPS) is 12.3. The van der Waals surface area contributed by atoms with Crippen molar-refractivity contribution in [2.24, 2.45) is 5.92 Å². The van der Waals surface area contributed by atoms with Crippen LogP contribution in [0.2, 0.25) is 0 Å². The van der Waals surface area contributed by atoms with E-state index in [1.54, 1.807) is 17.0 Å². The lowest BCUT2D eigenvalue weighted by molar-refractivity contribution is -0.182. The van der Waals surface area contributed by atoms with Crippen molar-refractivity contribution in [2.75, 3.05) is 13.2 Å². The van der Waals surface area contributed by atoms with Crippen LogP contribution in [0.3, 0.4) is 0 Å². The Bertz CT molecular complexity index is 350. The predicted molar refractivity (Wildman–Crippen MR) is 60.8 cm³/mol. The Balaban J connectivity index is 2.35. The molecule has 0 fully saturated rings. The number of hydrogen-bond acceptors (Lipinski definition) is 3. The molecule has 0 radical (unpaired) electrons. The Hall–Kier alpha value is -1.08. The third-order valence-corrected chi connectivity index (χ3v) is 2.13. The highest BCUT2D eigenvalue weighted by atomic mass is 19.4. The molecule has 1 rings (SSSR count). The van der Waals surface area contributed by atoms with Crippen molar-refractivity contribution in [3.05, 3.63) is 18.2 Å². The van der Waals surface area contributed by atoms with Crippen molar-refractivity contribution in [1.82, 2.24) is 14.9 Å². The molecule has 1 heterocycles. The summed E-state index contributed by atoms with van der Waals surface area (Å²) in [5.41, 5.74) is 0. The summed E-state index contributed by atoms with van der Waals surface area (Å²) in [4.78, 5) is 4.07. The quantitative estimate of drug-likeness (QED) is 0.821. The molecule has 0 atom stereocenters. The van der Waals surface area contributed by atoms with Crippen LogP contribution in [0.1, 0.15) is 19.7 Å². The largest absolute Gasteiger partial charge is 0.411 e. The van der Waals surface area contributed by atoms with Gasteiger partial charge in [0.2, 0.25) is 0 Å². The zero-order chi connectivity index (χ0) is 13.6. The van der Waals surface area contributed by atoms with Crippen molar-refractivity contribution in [1.29, 1.82) is 0 Å². The second kappa shape index (κ2) is 6.75. The molecule has 0 saturated heterocycles. The van der Waals surface area contributed by atoms with Gasteiger partial charge < -0.3 is 14.6 Å². The number of alkyl halides is 3. The van der Waals surface area contributed by atoms with Crippen molar-refractivity contribution in [3.63, 3.8) is 0 Å². The molecule has 0 unspecified atom stereocenters. The van der Waals surface area contributed by atoms with Crippen molar-refractivity contribution < 1.29 is 17.9 Å². The van der Waals surface area contributed by atoms with Crippen molar-refractivity contribution in [2.45, 2.75) is 33.3 Å². The molecule has 0 spiro atoms. The zero-order valence-electron chi connectivity index (χ0n) is 10.5. The Morgan fingerprint density at radius 3 is 2.78 bits per heavy atom. The van der Waals surface area contributed by atoms with Crippen LogP contribution in [-0.4, -0.2) is 28.9 Å². The Morgan fingerprint density at radius 2 is 2.17 bits per heavy atom. The second-order valence-corrected chi connectivity index (χ2v) is 4.43. The van der Waals surface area contributed by atoms with E-state index in [0.717, 1.165) is 6.54 Å². The number of nitrogens with zero attached hydrogens (tertiary/aromatic N) is 2. The van der Waals surface area contributed by atoms with Crippen molar-refractivity contribution >= 4 is 0 Å². The first-order valence-corrected chi connectivity index (χ1v) is 5.73. The maximum Gasteiger partial charge on any atom is 0.411 e. The van der Waals surface area contributed by atoms with Crippen LogP contribution in [0.4, 0.5) is 13.2 Å². The summed E-state index contributed by atoms with van der Waals surface area (Å²) in [6, 6.07) is 0. The van der Waals surface area contributed by atoms with Gasteiger partial charge in [-0.05, 0) is 12.5 Å². The molecule has 0 aliphatic rings. The van der Waals surface area contributed by atoms with E-state index < -0.39 is 12.8 Å². The van der Waals surface area contributed by atoms with Gasteiger partial charge in [-0.15, -0.1) is 0 Å². The highest BCUT2D eigenvalue weighted by Crippen LogP contribution is 2.14. The number of rotatable bonds is 7. The van der Waals surface area contributed by atoms with E-state index in [1.807, 2.05) is 0 Å². The van der Waals surface area contributed by atoms with Crippen LogP contribution >= 0.6 is 0 Å². The minimum absolute atomic E-state index is 0.141. The first kappa shape index (κ1) is 15.0. The van der Waals surface area contributed by atoms with E-state index >= 15 is 0 Å². The van der Waals surface area contributed by atoms with E-state index in [9.17, 15) is 13.2 Å². The highest BCUT2D eigenvalue weighted by Gasteiger charge is 2.27. The average molecular weight is 265 g/mol. The molecule has 18 heavy (non-hydrogen) atoms. The molecule has 0 aromatic carbocycles. The molecule has 0 amide bonds. The van der Waals surface area contributed by atoms with Gasteiger partial charge in [-0.3, -0.25) is 0 Å². The van der Waals surface area contributed by atoms with Crippen LogP contribution in [0.5, 0.6) is 0 Å². The van der Waals surface area contributed by atoms with Crippen LogP contribution in [-0.2, 0) is 18.0 Å². The average Bonchev–Trinajstić information content (AvgIpc) is 2.63. The van der Waals surface area contributed by atoms with E-state index in [0.29, 0.717) is 18.3 Å². The Morgan fingerprint density at radius 1 is 1.44 bits per heavy atom. The zero-order valence-corrected chi connectivity index (χ0v) is 10.5. The molecule has 0 aliphatic carbocycles. The fourth-order valence-corrected chi connectivity index (χ4v) is 1.36. The number of halogens is 3. The fourth-order valence-electron chi connectivity index (χ4n) is 1.36. The minimum Gasteiger partial charge on any atom is -0.351 e. The number of nitrogens with one attached hydrogen (secondary N) is 1. The summed E-state index contributed by atoms with van der Waals surface area (Å²) >= 11 is 0. The van der Waals surface area contributed by atoms with Crippen LogP contribution in [0.15, 0.2) is 12.4 Å². The number of imidazole rings is 1. The Labute approximate surface area is 104 Å². The summed E-state index contributed by atoms with van der Waals surface area (Å²) in [5, 5.41) is 3.17. The van der Waals surface area contributed by atoms with E-state index in [2.05, 4.69) is 28.9 Å². The molecule has 1 aromatic heterocycles. The summed E-state index contributed by atoms with van der Waals surface area (Å²) < 4.78 is 41.9. The van der Waals surface area contributed by atoms with Gasteiger partial charge in [-0.25, -0.2) is 4.98 Å². The molecule has 0 saturated carbocycles. The van der Waals surface area contributed by atoms with Crippen molar-refractivity contribution in [3.8, 4) is 0 Å². The van der Waals surface area contributed by atoms with Crippen LogP contribution in [0.25, 0.3) is 0 Å². The fraction of sp³-hybridized carbons (Fsp3) is 0.727. The van der Waals surface area contributed by atoms with Gasteiger partial charge in [0.05, 0.1) is 6.54 Å². The third-order valence-electron chi connectivity index (χ3n) is 2.13. The molecule has 0 bridgehead atoms. The topological polar surface area (TPSA) is 39.1 Å². The van der Waals surface area contributed by atoms with Gasteiger partial charge in [0.25, 0.3) is 0 Å². The summed E-state index contributed by atoms with van der Waals surface area (Å²) in [7, 11) is 0. The first-order valence-electron chi connectivity index (χ1n) is 5.73. The minimum atomic E-state index is -4.30. The second-order valence-electron chi connectivity index (χ2n) is 4.43. The maximum atomic E-state index is 11.9. The number of ether oxygens (including phenoxy) is 1. The predicted octanol–water partition coefficient (Wildman–Crippen LogP) is 2.17. The lowest BCUT2D eigenvalue weighted by Crippen LogP contribution is -2.23. The lowest BCUT2D eigenvalue weighted by atomic mass is 10.2. The third kappa shape index (κ3) is 6.02. The van der Waals surface area contributed by atoms with E-state index in [-0.39, 0.29) is 6.73 Å². The molecular weight excluding hydrogens is 247 g/mol. The summed E-state index contributed by atoms with van der Waals surface area (Å²) in [5.74, 6) is 1.17. The number of aromatic nitrogens is 2. The summed E-state index contributed by atoms with van der Waals surface area (Å²) in [6.45, 7) is 4.11. The molecule has 0 aliphatic heterocycles. The summed E-state index contributed by atoms with van der Waals surface area (Å²) in [6.07, 6.45) is -1.15. The highest BCUT2D eigenvalue weighted by molar-refractivity contribution is 4.91. The van der Waals surface area contributed by atoms with Gasteiger partial charge in [0.15, 0.2) is 0 Å². The molecule has 104 valence electrons. The Kier molecular flexibility index (Phi) is 5.61. The van der Waals surface area contributed by atoms with Crippen LogP contribution < -0.4 is 5.32 Å². The van der Waals surface area contributed by atoms with Gasteiger partial charge in [0.1, 0.15) is 19.2 Å².